The van der Waals surface area contributed by atoms with Gasteiger partial charge < -0.3 is 8.83 Å². The third-order valence-corrected chi connectivity index (χ3v) is 3.02. The van der Waals surface area contributed by atoms with Crippen LogP contribution in [0, 0.1) is 0 Å². The first kappa shape index (κ1) is 10.1. The molecule has 0 atom stereocenters. The summed E-state index contributed by atoms with van der Waals surface area (Å²) < 4.78 is 11.8. The van der Waals surface area contributed by atoms with Gasteiger partial charge in [-0.2, -0.15) is 9.61 Å². The lowest BCUT2D eigenvalue weighted by Crippen LogP contribution is -2.12. The van der Waals surface area contributed by atoms with Gasteiger partial charge in [-0.1, -0.05) is 12.1 Å². The van der Waals surface area contributed by atoms with Crippen LogP contribution in [0.3, 0.4) is 0 Å². The summed E-state index contributed by atoms with van der Waals surface area (Å²) in [6.45, 7) is 0. The first-order valence-corrected chi connectivity index (χ1v) is 5.78. The molecule has 3 heterocycles. The van der Waals surface area contributed by atoms with Crippen LogP contribution in [-0.2, 0) is 0 Å². The predicted octanol–water partition coefficient (Wildman–Crippen LogP) is 2.70. The van der Waals surface area contributed by atoms with Crippen molar-refractivity contribution in [2.45, 2.75) is 0 Å². The van der Waals surface area contributed by atoms with Crippen LogP contribution in [0.25, 0.3) is 27.9 Å². The molecule has 0 aliphatic carbocycles. The maximum atomic E-state index is 11.9. The number of rotatable bonds is 1. The molecule has 5 nitrogen and oxygen atoms in total. The molecule has 92 valence electrons. The van der Waals surface area contributed by atoms with Gasteiger partial charge in [0, 0.05) is 5.39 Å². The predicted molar refractivity (Wildman–Crippen MR) is 68.9 cm³/mol. The second kappa shape index (κ2) is 3.58. The van der Waals surface area contributed by atoms with Crippen molar-refractivity contribution in [2.75, 3.05) is 0 Å². The number of hydrogen-bond donors (Lipinski definition) is 0. The molecule has 0 fully saturated rings. The van der Waals surface area contributed by atoms with Crippen LogP contribution in [0.2, 0.25) is 0 Å². The van der Waals surface area contributed by atoms with Crippen molar-refractivity contribution < 1.29 is 8.83 Å². The van der Waals surface area contributed by atoms with E-state index in [1.165, 1.54) is 4.52 Å². The Morgan fingerprint density at radius 1 is 1.11 bits per heavy atom. The van der Waals surface area contributed by atoms with Gasteiger partial charge in [-0.15, -0.1) is 0 Å². The van der Waals surface area contributed by atoms with Crippen molar-refractivity contribution in [3.05, 3.63) is 59.3 Å². The van der Waals surface area contributed by atoms with Crippen molar-refractivity contribution in [1.82, 2.24) is 9.61 Å². The highest BCUT2D eigenvalue weighted by Crippen LogP contribution is 2.23. The molecule has 0 unspecified atom stereocenters. The van der Waals surface area contributed by atoms with E-state index in [1.807, 2.05) is 24.3 Å². The molecule has 4 aromatic rings. The number of benzene rings is 1. The number of para-hydroxylation sites is 1. The van der Waals surface area contributed by atoms with E-state index in [9.17, 15) is 4.79 Å². The summed E-state index contributed by atoms with van der Waals surface area (Å²) in [5, 5.41) is 5.06. The number of nitrogens with zero attached hydrogens (tertiary/aromatic N) is 2. The van der Waals surface area contributed by atoms with Crippen LogP contribution in [0.1, 0.15) is 0 Å². The summed E-state index contributed by atoms with van der Waals surface area (Å²) in [6, 6.07) is 12.8. The fourth-order valence-corrected chi connectivity index (χ4v) is 2.16. The van der Waals surface area contributed by atoms with Crippen LogP contribution >= 0.6 is 0 Å². The molecule has 0 saturated carbocycles. The zero-order chi connectivity index (χ0) is 12.8. The molecule has 1 aromatic carbocycles. The van der Waals surface area contributed by atoms with Gasteiger partial charge >= 0.3 is 5.76 Å². The van der Waals surface area contributed by atoms with E-state index in [0.717, 1.165) is 5.39 Å². The molecule has 0 radical (unpaired) electrons. The monoisotopic (exact) mass is 252 g/mol. The summed E-state index contributed by atoms with van der Waals surface area (Å²) in [6.07, 6.45) is 1.57. The van der Waals surface area contributed by atoms with Gasteiger partial charge in [-0.25, -0.2) is 4.79 Å². The third kappa shape index (κ3) is 1.41. The van der Waals surface area contributed by atoms with E-state index in [4.69, 9.17) is 8.83 Å². The minimum atomic E-state index is -0.508. The Balaban J connectivity index is 2.16. The summed E-state index contributed by atoms with van der Waals surface area (Å²) in [5.41, 5.74) is 1.86. The molecule has 0 spiro atoms. The standard InChI is InChI=1S/C14H8N2O3/c17-14-16-11(9-4-1-2-5-12(9)19-14)8-10(15-16)13-6-3-7-18-13/h1-8H. The molecule has 19 heavy (non-hydrogen) atoms. The molecular weight excluding hydrogens is 244 g/mol. The first-order valence-electron chi connectivity index (χ1n) is 5.78. The van der Waals surface area contributed by atoms with Crippen molar-refractivity contribution in [3.8, 4) is 11.5 Å². The zero-order valence-corrected chi connectivity index (χ0v) is 9.74. The molecule has 0 N–H and O–H groups in total. The van der Waals surface area contributed by atoms with Crippen LogP contribution in [0.5, 0.6) is 0 Å². The molecule has 0 amide bonds. The fraction of sp³-hybridized carbons (Fsp3) is 0. The van der Waals surface area contributed by atoms with E-state index in [0.29, 0.717) is 22.6 Å². The second-order valence-electron chi connectivity index (χ2n) is 4.17. The summed E-state index contributed by atoms with van der Waals surface area (Å²) >= 11 is 0. The molecule has 0 bridgehead atoms. The largest absolute Gasteiger partial charge is 0.463 e. The Morgan fingerprint density at radius 2 is 2.00 bits per heavy atom. The first-order chi connectivity index (χ1) is 9.33. The van der Waals surface area contributed by atoms with E-state index in [2.05, 4.69) is 5.10 Å². The van der Waals surface area contributed by atoms with Crippen LogP contribution in [-0.4, -0.2) is 9.61 Å². The minimum absolute atomic E-state index is 0.508. The Bertz CT molecular complexity index is 932. The molecule has 0 aliphatic rings. The van der Waals surface area contributed by atoms with Crippen LogP contribution in [0.15, 0.2) is 62.4 Å². The van der Waals surface area contributed by atoms with Crippen LogP contribution < -0.4 is 5.76 Å². The van der Waals surface area contributed by atoms with E-state index < -0.39 is 5.76 Å². The smallest absolute Gasteiger partial charge is 0.440 e. The highest BCUT2D eigenvalue weighted by atomic mass is 16.4. The number of aromatic nitrogens is 2. The van der Waals surface area contributed by atoms with E-state index in [1.54, 1.807) is 24.5 Å². The number of hydrogen-bond acceptors (Lipinski definition) is 4. The van der Waals surface area contributed by atoms with Crippen molar-refractivity contribution in [2.24, 2.45) is 0 Å². The Morgan fingerprint density at radius 3 is 2.84 bits per heavy atom. The number of furan rings is 1. The topological polar surface area (TPSA) is 60.7 Å². The lowest BCUT2D eigenvalue weighted by Gasteiger charge is -1.97. The molecule has 0 aliphatic heterocycles. The summed E-state index contributed by atoms with van der Waals surface area (Å²) in [5.74, 6) is 0.110. The highest BCUT2D eigenvalue weighted by Gasteiger charge is 2.12. The molecule has 4 rings (SSSR count). The normalized spacial score (nSPS) is 11.4. The summed E-state index contributed by atoms with van der Waals surface area (Å²) in [7, 11) is 0. The second-order valence-corrected chi connectivity index (χ2v) is 4.17. The van der Waals surface area contributed by atoms with Gasteiger partial charge in [-0.3, -0.25) is 0 Å². The van der Waals surface area contributed by atoms with Gasteiger partial charge in [0.1, 0.15) is 11.3 Å². The Labute approximate surface area is 106 Å². The van der Waals surface area contributed by atoms with Gasteiger partial charge in [0.2, 0.25) is 0 Å². The van der Waals surface area contributed by atoms with Crippen molar-refractivity contribution >= 4 is 16.5 Å². The highest BCUT2D eigenvalue weighted by molar-refractivity contribution is 5.92. The Hall–Kier alpha value is -2.82. The maximum absolute atomic E-state index is 11.9. The lowest BCUT2D eigenvalue weighted by molar-refractivity contribution is 0.507. The summed E-state index contributed by atoms with van der Waals surface area (Å²) in [4.78, 5) is 11.9. The Kier molecular flexibility index (Phi) is 1.91. The number of fused-ring (bicyclic) bond motifs is 3. The van der Waals surface area contributed by atoms with Gasteiger partial charge in [0.15, 0.2) is 5.76 Å². The van der Waals surface area contributed by atoms with Gasteiger partial charge in [-0.05, 0) is 30.3 Å². The quantitative estimate of drug-likeness (QED) is 0.522. The average molecular weight is 252 g/mol. The SMILES string of the molecule is O=c1oc2ccccc2c2cc(-c3ccco3)nn12. The van der Waals surface area contributed by atoms with Crippen molar-refractivity contribution in [3.63, 3.8) is 0 Å². The third-order valence-electron chi connectivity index (χ3n) is 3.02. The molecule has 3 aromatic heterocycles. The zero-order valence-electron chi connectivity index (χ0n) is 9.74. The average Bonchev–Trinajstić information content (AvgIpc) is 3.08. The lowest BCUT2D eigenvalue weighted by atomic mass is 10.2. The van der Waals surface area contributed by atoms with Crippen molar-refractivity contribution in [1.29, 1.82) is 0 Å². The molecule has 0 saturated heterocycles. The minimum Gasteiger partial charge on any atom is -0.463 e. The van der Waals surface area contributed by atoms with E-state index >= 15 is 0 Å². The van der Waals surface area contributed by atoms with Gasteiger partial charge in [0.05, 0.1) is 11.8 Å². The maximum Gasteiger partial charge on any atom is 0.440 e. The van der Waals surface area contributed by atoms with Gasteiger partial charge in [0.25, 0.3) is 0 Å². The fourth-order valence-electron chi connectivity index (χ4n) is 2.16. The molecule has 5 heteroatoms. The van der Waals surface area contributed by atoms with E-state index in [-0.39, 0.29) is 0 Å². The van der Waals surface area contributed by atoms with Crippen LogP contribution in [0.4, 0.5) is 0 Å². The molecular formula is C14H8N2O3.